The molecule has 1 rings (SSSR count). The van der Waals surface area contributed by atoms with Crippen LogP contribution in [0.1, 0.15) is 32.9 Å². The third kappa shape index (κ3) is 3.05. The lowest BCUT2D eigenvalue weighted by Gasteiger charge is -2.07. The smallest absolute Gasteiger partial charge is 0.0853 e. The predicted molar refractivity (Wildman–Crippen MR) is 60.5 cm³/mol. The van der Waals surface area contributed by atoms with Crippen LogP contribution in [0.15, 0.2) is 6.20 Å². The lowest BCUT2D eigenvalue weighted by molar-refractivity contribution is 0.607. The Labute approximate surface area is 86.5 Å². The zero-order chi connectivity index (χ0) is 10.6. The summed E-state index contributed by atoms with van der Waals surface area (Å²) in [5, 5.41) is 7.81. The standard InChI is InChI=1S/C11H21N3/c1-5-10-11(8-14(4)13-10)12-7-6-9(2)3/h8-9,12H,5-7H2,1-4H3. The van der Waals surface area contributed by atoms with Crippen LogP contribution in [0.5, 0.6) is 0 Å². The number of aryl methyl sites for hydroxylation is 2. The van der Waals surface area contributed by atoms with Crippen LogP contribution >= 0.6 is 0 Å². The summed E-state index contributed by atoms with van der Waals surface area (Å²) in [5.74, 6) is 0.754. The van der Waals surface area contributed by atoms with Crippen LogP contribution in [-0.2, 0) is 13.5 Å². The maximum atomic E-state index is 4.38. The van der Waals surface area contributed by atoms with Gasteiger partial charge in [0.2, 0.25) is 0 Å². The van der Waals surface area contributed by atoms with Gasteiger partial charge in [-0.15, -0.1) is 0 Å². The summed E-state index contributed by atoms with van der Waals surface area (Å²) in [6.45, 7) is 7.66. The van der Waals surface area contributed by atoms with E-state index in [0.717, 1.165) is 24.6 Å². The molecule has 0 amide bonds. The highest BCUT2D eigenvalue weighted by atomic mass is 15.3. The Balaban J connectivity index is 2.48. The molecule has 0 unspecified atom stereocenters. The highest BCUT2D eigenvalue weighted by Crippen LogP contribution is 2.13. The van der Waals surface area contributed by atoms with Crippen molar-refractivity contribution in [1.82, 2.24) is 9.78 Å². The first-order valence-corrected chi connectivity index (χ1v) is 5.39. The monoisotopic (exact) mass is 195 g/mol. The first-order chi connectivity index (χ1) is 6.63. The fourth-order valence-electron chi connectivity index (χ4n) is 1.44. The second kappa shape index (κ2) is 5.03. The fraction of sp³-hybridized carbons (Fsp3) is 0.727. The Morgan fingerprint density at radius 1 is 1.50 bits per heavy atom. The number of nitrogens with one attached hydrogen (secondary N) is 1. The molecule has 1 heterocycles. The van der Waals surface area contributed by atoms with Crippen LogP contribution in [0.2, 0.25) is 0 Å². The van der Waals surface area contributed by atoms with E-state index in [2.05, 4.69) is 37.4 Å². The maximum absolute atomic E-state index is 4.38. The highest BCUT2D eigenvalue weighted by Gasteiger charge is 2.04. The minimum Gasteiger partial charge on any atom is -0.382 e. The molecule has 0 bridgehead atoms. The Morgan fingerprint density at radius 2 is 2.21 bits per heavy atom. The summed E-state index contributed by atoms with van der Waals surface area (Å²) in [4.78, 5) is 0. The second-order valence-corrected chi connectivity index (χ2v) is 4.13. The summed E-state index contributed by atoms with van der Waals surface area (Å²) in [6, 6.07) is 0. The molecule has 0 radical (unpaired) electrons. The van der Waals surface area contributed by atoms with Crippen molar-refractivity contribution in [3.63, 3.8) is 0 Å². The minimum atomic E-state index is 0.754. The summed E-state index contributed by atoms with van der Waals surface area (Å²) < 4.78 is 1.87. The van der Waals surface area contributed by atoms with Crippen molar-refractivity contribution in [3.8, 4) is 0 Å². The van der Waals surface area contributed by atoms with E-state index in [1.54, 1.807) is 0 Å². The molecular formula is C11H21N3. The topological polar surface area (TPSA) is 29.9 Å². The van der Waals surface area contributed by atoms with Crippen LogP contribution in [0.25, 0.3) is 0 Å². The van der Waals surface area contributed by atoms with Crippen LogP contribution in [-0.4, -0.2) is 16.3 Å². The van der Waals surface area contributed by atoms with Crippen molar-refractivity contribution in [2.24, 2.45) is 13.0 Å². The van der Waals surface area contributed by atoms with E-state index >= 15 is 0 Å². The number of anilines is 1. The van der Waals surface area contributed by atoms with E-state index < -0.39 is 0 Å². The normalized spacial score (nSPS) is 10.9. The van der Waals surface area contributed by atoms with E-state index in [1.807, 2.05) is 11.7 Å². The summed E-state index contributed by atoms with van der Waals surface area (Å²) in [7, 11) is 1.97. The number of nitrogens with zero attached hydrogens (tertiary/aromatic N) is 2. The van der Waals surface area contributed by atoms with E-state index in [4.69, 9.17) is 0 Å². The first kappa shape index (κ1) is 11.1. The van der Waals surface area contributed by atoms with Crippen LogP contribution < -0.4 is 5.32 Å². The van der Waals surface area contributed by atoms with Gasteiger partial charge in [-0.2, -0.15) is 5.10 Å². The van der Waals surface area contributed by atoms with Crippen LogP contribution in [0, 0.1) is 5.92 Å². The van der Waals surface area contributed by atoms with Gasteiger partial charge in [0.15, 0.2) is 0 Å². The lowest BCUT2D eigenvalue weighted by Crippen LogP contribution is -2.05. The Morgan fingerprint density at radius 3 is 2.79 bits per heavy atom. The molecule has 0 saturated carbocycles. The van der Waals surface area contributed by atoms with Crippen molar-refractivity contribution in [3.05, 3.63) is 11.9 Å². The van der Waals surface area contributed by atoms with Crippen LogP contribution in [0.3, 0.4) is 0 Å². The van der Waals surface area contributed by atoms with Crippen LogP contribution in [0.4, 0.5) is 5.69 Å². The minimum absolute atomic E-state index is 0.754. The van der Waals surface area contributed by atoms with Crippen molar-refractivity contribution in [1.29, 1.82) is 0 Å². The van der Waals surface area contributed by atoms with Gasteiger partial charge in [-0.1, -0.05) is 20.8 Å². The summed E-state index contributed by atoms with van der Waals surface area (Å²) >= 11 is 0. The second-order valence-electron chi connectivity index (χ2n) is 4.13. The highest BCUT2D eigenvalue weighted by molar-refractivity contribution is 5.46. The van der Waals surface area contributed by atoms with Gasteiger partial charge in [0, 0.05) is 19.8 Å². The van der Waals surface area contributed by atoms with Gasteiger partial charge in [0.25, 0.3) is 0 Å². The van der Waals surface area contributed by atoms with Gasteiger partial charge >= 0.3 is 0 Å². The molecular weight excluding hydrogens is 174 g/mol. The van der Waals surface area contributed by atoms with Crippen molar-refractivity contribution in [2.75, 3.05) is 11.9 Å². The quantitative estimate of drug-likeness (QED) is 0.782. The largest absolute Gasteiger partial charge is 0.382 e. The molecule has 0 aliphatic rings. The third-order valence-electron chi connectivity index (χ3n) is 2.28. The molecule has 0 aliphatic heterocycles. The molecule has 0 atom stereocenters. The molecule has 1 N–H and O–H groups in total. The Bertz CT molecular complexity index is 276. The number of aromatic nitrogens is 2. The molecule has 14 heavy (non-hydrogen) atoms. The molecule has 0 saturated heterocycles. The first-order valence-electron chi connectivity index (χ1n) is 5.39. The van der Waals surface area contributed by atoms with Gasteiger partial charge < -0.3 is 5.32 Å². The number of hydrogen-bond acceptors (Lipinski definition) is 2. The third-order valence-corrected chi connectivity index (χ3v) is 2.28. The van der Waals surface area contributed by atoms with Gasteiger partial charge in [-0.25, -0.2) is 0 Å². The Hall–Kier alpha value is -0.990. The molecule has 1 aromatic heterocycles. The molecule has 3 nitrogen and oxygen atoms in total. The Kier molecular flexibility index (Phi) is 3.98. The molecule has 0 aliphatic carbocycles. The number of rotatable bonds is 5. The number of hydrogen-bond donors (Lipinski definition) is 1. The van der Waals surface area contributed by atoms with E-state index in [1.165, 1.54) is 12.1 Å². The average molecular weight is 195 g/mol. The fourth-order valence-corrected chi connectivity index (χ4v) is 1.44. The van der Waals surface area contributed by atoms with Crippen molar-refractivity contribution in [2.45, 2.75) is 33.6 Å². The van der Waals surface area contributed by atoms with Crippen molar-refractivity contribution < 1.29 is 0 Å². The van der Waals surface area contributed by atoms with Crippen molar-refractivity contribution >= 4 is 5.69 Å². The lowest BCUT2D eigenvalue weighted by atomic mass is 10.1. The zero-order valence-corrected chi connectivity index (χ0v) is 9.67. The maximum Gasteiger partial charge on any atom is 0.0853 e. The molecule has 80 valence electrons. The predicted octanol–water partition coefficient (Wildman–Crippen LogP) is 2.44. The van der Waals surface area contributed by atoms with Gasteiger partial charge in [-0.05, 0) is 18.8 Å². The SMILES string of the molecule is CCc1nn(C)cc1NCCC(C)C. The molecule has 0 aromatic carbocycles. The van der Waals surface area contributed by atoms with Gasteiger partial charge in [0.05, 0.1) is 11.4 Å². The molecule has 0 spiro atoms. The summed E-state index contributed by atoms with van der Waals surface area (Å²) in [6.07, 6.45) is 4.25. The van der Waals surface area contributed by atoms with E-state index in [-0.39, 0.29) is 0 Å². The van der Waals surface area contributed by atoms with Gasteiger partial charge in [0.1, 0.15) is 0 Å². The zero-order valence-electron chi connectivity index (χ0n) is 9.67. The van der Waals surface area contributed by atoms with E-state index in [0.29, 0.717) is 0 Å². The summed E-state index contributed by atoms with van der Waals surface area (Å²) in [5.41, 5.74) is 2.35. The van der Waals surface area contributed by atoms with E-state index in [9.17, 15) is 0 Å². The molecule has 0 fully saturated rings. The molecule has 1 aromatic rings. The average Bonchev–Trinajstić information content (AvgIpc) is 2.45. The van der Waals surface area contributed by atoms with Gasteiger partial charge in [-0.3, -0.25) is 4.68 Å². The molecule has 3 heteroatoms.